The van der Waals surface area contributed by atoms with Gasteiger partial charge in [-0.05, 0) is 43.2 Å². The van der Waals surface area contributed by atoms with Gasteiger partial charge in [-0.3, -0.25) is 18.9 Å². The first-order chi connectivity index (χ1) is 16.5. The second-order valence-electron chi connectivity index (χ2n) is 8.29. The summed E-state index contributed by atoms with van der Waals surface area (Å²) >= 11 is 6.71. The van der Waals surface area contributed by atoms with Crippen LogP contribution < -0.4 is 10.9 Å². The van der Waals surface area contributed by atoms with E-state index in [2.05, 4.69) is 17.2 Å². The number of anilines is 1. The number of thiocarbonyl (C=S) groups is 1. The number of aromatic nitrogens is 2. The monoisotopic (exact) mass is 496 g/mol. The molecule has 1 N–H and O–H groups in total. The van der Waals surface area contributed by atoms with Gasteiger partial charge in [0.2, 0.25) is 0 Å². The van der Waals surface area contributed by atoms with Crippen LogP contribution >= 0.6 is 24.0 Å². The number of nitrogens with one attached hydrogen (secondary N) is 1. The highest BCUT2D eigenvalue weighted by Gasteiger charge is 2.32. The summed E-state index contributed by atoms with van der Waals surface area (Å²) in [5, 5.41) is 3.20. The number of thioether (sulfide) groups is 1. The fourth-order valence-corrected chi connectivity index (χ4v) is 5.10. The fourth-order valence-electron chi connectivity index (χ4n) is 3.80. The van der Waals surface area contributed by atoms with Gasteiger partial charge in [0.1, 0.15) is 21.5 Å². The van der Waals surface area contributed by atoms with Crippen molar-refractivity contribution < 1.29 is 9.21 Å². The number of carbonyl (C=O) groups is 1. The lowest BCUT2D eigenvalue weighted by atomic mass is 10.1. The number of hydrogen-bond acceptors (Lipinski definition) is 7. The van der Waals surface area contributed by atoms with Gasteiger partial charge in [0, 0.05) is 12.7 Å². The molecule has 4 heterocycles. The van der Waals surface area contributed by atoms with Crippen molar-refractivity contribution in [2.75, 3.05) is 11.9 Å². The zero-order chi connectivity index (χ0) is 24.1. The highest BCUT2D eigenvalue weighted by Crippen LogP contribution is 2.33. The number of unbranched alkanes of at least 4 members (excludes halogenated alkanes) is 4. The molecule has 0 unspecified atom stereocenters. The van der Waals surface area contributed by atoms with Crippen molar-refractivity contribution in [3.05, 3.63) is 68.9 Å². The van der Waals surface area contributed by atoms with Crippen LogP contribution in [0, 0.1) is 6.92 Å². The highest BCUT2D eigenvalue weighted by molar-refractivity contribution is 8.26. The van der Waals surface area contributed by atoms with Crippen LogP contribution in [0.15, 0.2) is 50.8 Å². The zero-order valence-corrected chi connectivity index (χ0v) is 21.0. The molecule has 3 aromatic heterocycles. The first-order valence-corrected chi connectivity index (χ1v) is 12.7. The molecule has 7 nitrogen and oxygen atoms in total. The summed E-state index contributed by atoms with van der Waals surface area (Å²) in [6.07, 6.45) is 10.5. The summed E-state index contributed by atoms with van der Waals surface area (Å²) in [4.78, 5) is 33.3. The van der Waals surface area contributed by atoms with Crippen LogP contribution in [0.25, 0.3) is 11.7 Å². The average Bonchev–Trinajstić information content (AvgIpc) is 3.43. The number of hydrogen-bond donors (Lipinski definition) is 1. The van der Waals surface area contributed by atoms with Crippen LogP contribution in [0.2, 0.25) is 0 Å². The van der Waals surface area contributed by atoms with Gasteiger partial charge in [0.05, 0.1) is 23.3 Å². The maximum Gasteiger partial charge on any atom is 0.267 e. The number of carbonyl (C=O) groups excluding carboxylic acids is 1. The quantitative estimate of drug-likeness (QED) is 0.229. The third kappa shape index (κ3) is 5.42. The van der Waals surface area contributed by atoms with Crippen molar-refractivity contribution in [1.29, 1.82) is 0 Å². The van der Waals surface area contributed by atoms with E-state index in [4.69, 9.17) is 16.6 Å². The number of nitrogens with zero attached hydrogens (tertiary/aromatic N) is 3. The van der Waals surface area contributed by atoms with Gasteiger partial charge in [0.25, 0.3) is 11.5 Å². The Balaban J connectivity index is 1.64. The highest BCUT2D eigenvalue weighted by atomic mass is 32.2. The molecule has 34 heavy (non-hydrogen) atoms. The van der Waals surface area contributed by atoms with Crippen LogP contribution in [-0.2, 0) is 11.3 Å². The molecule has 0 spiro atoms. The Hall–Kier alpha value is -2.91. The molecule has 0 saturated carbocycles. The summed E-state index contributed by atoms with van der Waals surface area (Å²) in [5.74, 6) is 0.956. The Kier molecular flexibility index (Phi) is 7.84. The average molecular weight is 497 g/mol. The van der Waals surface area contributed by atoms with Crippen LogP contribution in [0.4, 0.5) is 5.82 Å². The lowest BCUT2D eigenvalue weighted by Crippen LogP contribution is -2.29. The molecule has 1 aliphatic rings. The van der Waals surface area contributed by atoms with Crippen LogP contribution in [0.1, 0.15) is 55.9 Å². The van der Waals surface area contributed by atoms with Crippen LogP contribution in [0.5, 0.6) is 0 Å². The standard InChI is InChI=1S/C25H28N4O3S2/c1-3-4-5-6-7-12-28-24(31)20(34-25(28)33)14-19-22(26-15-18-9-8-13-32-18)27-21-11-10-17(2)16-29(21)23(19)30/h8-11,13-14,16,26H,3-7,12,15H2,1-2H3/b20-14+. The smallest absolute Gasteiger partial charge is 0.267 e. The molecular formula is C25H28N4O3S2. The number of fused-ring (bicyclic) bond motifs is 1. The minimum atomic E-state index is -0.250. The number of aryl methyl sites for hydroxylation is 1. The topological polar surface area (TPSA) is 79.8 Å². The third-order valence-corrected chi connectivity index (χ3v) is 7.03. The van der Waals surface area contributed by atoms with E-state index in [0.29, 0.717) is 45.1 Å². The van der Waals surface area contributed by atoms with E-state index in [0.717, 1.165) is 24.8 Å². The van der Waals surface area contributed by atoms with E-state index < -0.39 is 0 Å². The van der Waals surface area contributed by atoms with E-state index in [1.165, 1.54) is 29.0 Å². The van der Waals surface area contributed by atoms with Crippen molar-refractivity contribution in [3.63, 3.8) is 0 Å². The molecule has 0 radical (unpaired) electrons. The van der Waals surface area contributed by atoms with Gasteiger partial charge in [-0.2, -0.15) is 0 Å². The Morgan fingerprint density at radius 2 is 2.00 bits per heavy atom. The van der Waals surface area contributed by atoms with E-state index in [1.54, 1.807) is 35.6 Å². The maximum atomic E-state index is 13.4. The SMILES string of the molecule is CCCCCCCN1C(=O)/C(=C\c2c(NCc3ccco3)nc3ccc(C)cn3c2=O)SC1=S. The number of amides is 1. The lowest BCUT2D eigenvalue weighted by Gasteiger charge is -2.14. The van der Waals surface area contributed by atoms with E-state index in [9.17, 15) is 9.59 Å². The number of pyridine rings is 1. The normalized spacial score (nSPS) is 15.1. The summed E-state index contributed by atoms with van der Waals surface area (Å²) < 4.78 is 7.43. The summed E-state index contributed by atoms with van der Waals surface area (Å²) in [6.45, 7) is 5.06. The molecule has 3 aromatic rings. The van der Waals surface area contributed by atoms with Crippen molar-refractivity contribution in [2.45, 2.75) is 52.5 Å². The molecule has 178 valence electrons. The zero-order valence-electron chi connectivity index (χ0n) is 19.4. The Morgan fingerprint density at radius 3 is 2.76 bits per heavy atom. The van der Waals surface area contributed by atoms with Gasteiger partial charge in [-0.1, -0.05) is 62.7 Å². The summed E-state index contributed by atoms with van der Waals surface area (Å²) in [7, 11) is 0. The molecule has 0 aliphatic carbocycles. The molecular weight excluding hydrogens is 468 g/mol. The van der Waals surface area contributed by atoms with E-state index >= 15 is 0 Å². The maximum absolute atomic E-state index is 13.4. The molecule has 0 atom stereocenters. The Morgan fingerprint density at radius 1 is 1.18 bits per heavy atom. The molecule has 0 aromatic carbocycles. The molecule has 1 fully saturated rings. The molecule has 9 heteroatoms. The third-order valence-electron chi connectivity index (χ3n) is 5.65. The fraction of sp³-hybridized carbons (Fsp3) is 0.360. The predicted octanol–water partition coefficient (Wildman–Crippen LogP) is 5.38. The van der Waals surface area contributed by atoms with Gasteiger partial charge >= 0.3 is 0 Å². The van der Waals surface area contributed by atoms with Crippen LogP contribution in [-0.4, -0.2) is 31.1 Å². The molecule has 1 amide bonds. The van der Waals surface area contributed by atoms with Gasteiger partial charge in [0.15, 0.2) is 0 Å². The number of furan rings is 1. The van der Waals surface area contributed by atoms with Gasteiger partial charge in [-0.25, -0.2) is 4.98 Å². The minimum Gasteiger partial charge on any atom is -0.467 e. The largest absolute Gasteiger partial charge is 0.467 e. The minimum absolute atomic E-state index is 0.156. The molecule has 1 saturated heterocycles. The van der Waals surface area contributed by atoms with Crippen molar-refractivity contribution in [3.8, 4) is 0 Å². The Bertz CT molecular complexity index is 1280. The summed E-state index contributed by atoms with van der Waals surface area (Å²) in [6, 6.07) is 7.35. The van der Waals surface area contributed by atoms with Crippen LogP contribution in [0.3, 0.4) is 0 Å². The predicted molar refractivity (Wildman–Crippen MR) is 141 cm³/mol. The van der Waals surface area contributed by atoms with Crippen molar-refractivity contribution >= 4 is 51.7 Å². The Labute approximate surface area is 208 Å². The lowest BCUT2D eigenvalue weighted by molar-refractivity contribution is -0.122. The second-order valence-corrected chi connectivity index (χ2v) is 9.97. The first kappa shape index (κ1) is 24.2. The second kappa shape index (κ2) is 11.0. The van der Waals surface area contributed by atoms with E-state index in [-0.39, 0.29) is 11.5 Å². The van der Waals surface area contributed by atoms with Crippen molar-refractivity contribution in [1.82, 2.24) is 14.3 Å². The van der Waals surface area contributed by atoms with Crippen molar-refractivity contribution in [2.24, 2.45) is 0 Å². The summed E-state index contributed by atoms with van der Waals surface area (Å²) in [5.41, 5.74) is 1.53. The molecule has 4 rings (SSSR count). The first-order valence-electron chi connectivity index (χ1n) is 11.5. The van der Waals surface area contributed by atoms with Gasteiger partial charge < -0.3 is 9.73 Å². The number of rotatable bonds is 10. The molecule has 0 bridgehead atoms. The van der Waals surface area contributed by atoms with E-state index in [1.807, 2.05) is 19.1 Å². The molecule has 1 aliphatic heterocycles. The van der Waals surface area contributed by atoms with Gasteiger partial charge in [-0.15, -0.1) is 0 Å².